The highest BCUT2D eigenvalue weighted by Gasteiger charge is 2.05. The predicted octanol–water partition coefficient (Wildman–Crippen LogP) is 1.56. The normalized spacial score (nSPS) is 10.6. The van der Waals surface area contributed by atoms with Gasteiger partial charge in [-0.3, -0.25) is 9.78 Å². The van der Waals surface area contributed by atoms with Gasteiger partial charge in [0.25, 0.3) is 0 Å². The SMILES string of the molecule is O=C(C=Cc1ccccc1)Nc1[nH]c(=O)ncc1F. The Morgan fingerprint density at radius 1 is 1.32 bits per heavy atom. The lowest BCUT2D eigenvalue weighted by Crippen LogP contribution is -2.18. The van der Waals surface area contributed by atoms with Crippen molar-refractivity contribution in [2.45, 2.75) is 0 Å². The molecule has 0 saturated heterocycles. The highest BCUT2D eigenvalue weighted by molar-refractivity contribution is 6.01. The fourth-order valence-electron chi connectivity index (χ4n) is 1.37. The molecular formula is C13H10FN3O2. The van der Waals surface area contributed by atoms with Crippen LogP contribution < -0.4 is 11.0 Å². The molecule has 19 heavy (non-hydrogen) atoms. The lowest BCUT2D eigenvalue weighted by Gasteiger charge is -2.01. The number of nitrogens with zero attached hydrogens (tertiary/aromatic N) is 1. The number of nitrogens with one attached hydrogen (secondary N) is 2. The molecule has 1 aromatic heterocycles. The Morgan fingerprint density at radius 3 is 2.79 bits per heavy atom. The van der Waals surface area contributed by atoms with E-state index in [1.165, 1.54) is 6.08 Å². The summed E-state index contributed by atoms with van der Waals surface area (Å²) in [5, 5.41) is 2.22. The summed E-state index contributed by atoms with van der Waals surface area (Å²) in [4.78, 5) is 27.7. The summed E-state index contributed by atoms with van der Waals surface area (Å²) in [7, 11) is 0. The average molecular weight is 259 g/mol. The van der Waals surface area contributed by atoms with E-state index < -0.39 is 17.4 Å². The molecule has 5 nitrogen and oxygen atoms in total. The number of carbonyl (C=O) groups excluding carboxylic acids is 1. The summed E-state index contributed by atoms with van der Waals surface area (Å²) in [6, 6.07) is 9.15. The van der Waals surface area contributed by atoms with Gasteiger partial charge in [-0.05, 0) is 11.6 Å². The highest BCUT2D eigenvalue weighted by Crippen LogP contribution is 2.06. The minimum atomic E-state index is -0.805. The standard InChI is InChI=1S/C13H10FN3O2/c14-10-8-15-13(19)17-12(10)16-11(18)7-6-9-4-2-1-3-5-9/h1-8H,(H2,15,16,17,18,19). The van der Waals surface area contributed by atoms with Gasteiger partial charge in [0.1, 0.15) is 0 Å². The zero-order valence-corrected chi connectivity index (χ0v) is 9.76. The van der Waals surface area contributed by atoms with Crippen LogP contribution >= 0.6 is 0 Å². The first-order chi connectivity index (χ1) is 9.15. The number of rotatable bonds is 3. The van der Waals surface area contributed by atoms with Crippen LogP contribution in [-0.4, -0.2) is 15.9 Å². The first kappa shape index (κ1) is 12.7. The minimum absolute atomic E-state index is 0.303. The molecule has 1 heterocycles. The Labute approximate surface area is 107 Å². The van der Waals surface area contributed by atoms with E-state index >= 15 is 0 Å². The van der Waals surface area contributed by atoms with Crippen molar-refractivity contribution in [3.63, 3.8) is 0 Å². The second kappa shape index (κ2) is 5.72. The molecule has 0 radical (unpaired) electrons. The van der Waals surface area contributed by atoms with Crippen LogP contribution in [0.3, 0.4) is 0 Å². The third-order valence-corrected chi connectivity index (χ3v) is 2.24. The number of amides is 1. The molecule has 2 rings (SSSR count). The maximum atomic E-state index is 13.2. The molecule has 0 aliphatic heterocycles. The van der Waals surface area contributed by atoms with Crippen molar-refractivity contribution in [2.24, 2.45) is 0 Å². The minimum Gasteiger partial charge on any atom is -0.306 e. The number of aromatic amines is 1. The number of benzene rings is 1. The van der Waals surface area contributed by atoms with E-state index in [9.17, 15) is 14.0 Å². The molecular weight excluding hydrogens is 249 g/mol. The molecule has 1 amide bonds. The largest absolute Gasteiger partial charge is 0.346 e. The molecule has 2 N–H and O–H groups in total. The smallest absolute Gasteiger partial charge is 0.306 e. The molecule has 96 valence electrons. The van der Waals surface area contributed by atoms with E-state index in [4.69, 9.17) is 0 Å². The van der Waals surface area contributed by atoms with Gasteiger partial charge in [-0.1, -0.05) is 30.3 Å². The number of hydrogen-bond acceptors (Lipinski definition) is 3. The molecule has 2 aromatic rings. The second-order valence-corrected chi connectivity index (χ2v) is 3.64. The fraction of sp³-hybridized carbons (Fsp3) is 0. The van der Waals surface area contributed by atoms with Gasteiger partial charge in [0.2, 0.25) is 5.91 Å². The van der Waals surface area contributed by atoms with Crippen LogP contribution in [0.1, 0.15) is 5.56 Å². The fourth-order valence-corrected chi connectivity index (χ4v) is 1.37. The maximum Gasteiger partial charge on any atom is 0.346 e. The van der Waals surface area contributed by atoms with Crippen LogP contribution in [0.5, 0.6) is 0 Å². The Hall–Kier alpha value is -2.76. The summed E-state index contributed by atoms with van der Waals surface area (Å²) in [6.45, 7) is 0. The van der Waals surface area contributed by atoms with Crippen molar-refractivity contribution < 1.29 is 9.18 Å². The molecule has 6 heteroatoms. The molecule has 0 unspecified atom stereocenters. The van der Waals surface area contributed by atoms with E-state index in [0.717, 1.165) is 11.8 Å². The Morgan fingerprint density at radius 2 is 2.05 bits per heavy atom. The van der Waals surface area contributed by atoms with Gasteiger partial charge in [-0.15, -0.1) is 0 Å². The molecule has 0 fully saturated rings. The third-order valence-electron chi connectivity index (χ3n) is 2.24. The predicted molar refractivity (Wildman–Crippen MR) is 68.9 cm³/mol. The van der Waals surface area contributed by atoms with E-state index in [1.54, 1.807) is 6.08 Å². The van der Waals surface area contributed by atoms with E-state index in [2.05, 4.69) is 15.3 Å². The van der Waals surface area contributed by atoms with Crippen LogP contribution in [-0.2, 0) is 4.79 Å². The van der Waals surface area contributed by atoms with Gasteiger partial charge < -0.3 is 5.32 Å². The van der Waals surface area contributed by atoms with Gasteiger partial charge in [0.15, 0.2) is 11.6 Å². The number of carbonyl (C=O) groups is 1. The summed E-state index contributed by atoms with van der Waals surface area (Å²) < 4.78 is 13.2. The molecule has 0 atom stereocenters. The molecule has 0 bridgehead atoms. The zero-order valence-electron chi connectivity index (χ0n) is 9.76. The maximum absolute atomic E-state index is 13.2. The summed E-state index contributed by atoms with van der Waals surface area (Å²) >= 11 is 0. The van der Waals surface area contributed by atoms with Crippen molar-refractivity contribution in [1.82, 2.24) is 9.97 Å². The van der Waals surface area contributed by atoms with Crippen LogP contribution in [0.4, 0.5) is 10.2 Å². The van der Waals surface area contributed by atoms with Gasteiger partial charge >= 0.3 is 5.69 Å². The van der Waals surface area contributed by atoms with Crippen molar-refractivity contribution >= 4 is 17.8 Å². The molecule has 0 saturated carbocycles. The lowest BCUT2D eigenvalue weighted by atomic mass is 10.2. The van der Waals surface area contributed by atoms with Gasteiger partial charge in [-0.25, -0.2) is 9.18 Å². The lowest BCUT2D eigenvalue weighted by molar-refractivity contribution is -0.111. The Bertz CT molecular complexity index is 665. The van der Waals surface area contributed by atoms with Crippen LogP contribution in [0, 0.1) is 5.82 Å². The monoisotopic (exact) mass is 259 g/mol. The second-order valence-electron chi connectivity index (χ2n) is 3.64. The van der Waals surface area contributed by atoms with E-state index in [0.29, 0.717) is 0 Å². The Kier molecular flexibility index (Phi) is 3.82. The van der Waals surface area contributed by atoms with Crippen LogP contribution in [0.2, 0.25) is 0 Å². The zero-order chi connectivity index (χ0) is 13.7. The number of H-pyrrole nitrogens is 1. The van der Waals surface area contributed by atoms with Gasteiger partial charge in [-0.2, -0.15) is 4.98 Å². The molecule has 0 aliphatic carbocycles. The molecule has 0 aliphatic rings. The highest BCUT2D eigenvalue weighted by atomic mass is 19.1. The number of halogens is 1. The van der Waals surface area contributed by atoms with Crippen molar-refractivity contribution in [3.8, 4) is 0 Å². The van der Waals surface area contributed by atoms with E-state index in [-0.39, 0.29) is 5.82 Å². The first-order valence-corrected chi connectivity index (χ1v) is 5.44. The van der Waals surface area contributed by atoms with Gasteiger partial charge in [0, 0.05) is 6.08 Å². The molecule has 0 spiro atoms. The van der Waals surface area contributed by atoms with Crippen LogP contribution in [0.25, 0.3) is 6.08 Å². The summed E-state index contributed by atoms with van der Waals surface area (Å²) in [5.74, 6) is -1.66. The summed E-state index contributed by atoms with van der Waals surface area (Å²) in [5.41, 5.74) is 0.102. The van der Waals surface area contributed by atoms with Crippen LogP contribution in [0.15, 0.2) is 47.4 Å². The first-order valence-electron chi connectivity index (χ1n) is 5.44. The van der Waals surface area contributed by atoms with Crippen molar-refractivity contribution in [2.75, 3.05) is 5.32 Å². The topological polar surface area (TPSA) is 74.8 Å². The van der Waals surface area contributed by atoms with Crippen molar-refractivity contribution in [1.29, 1.82) is 0 Å². The summed E-state index contributed by atoms with van der Waals surface area (Å²) in [6.07, 6.45) is 3.56. The van der Waals surface area contributed by atoms with Crippen molar-refractivity contribution in [3.05, 3.63) is 64.5 Å². The quantitative estimate of drug-likeness (QED) is 0.821. The third kappa shape index (κ3) is 3.60. The number of aromatic nitrogens is 2. The number of anilines is 1. The Balaban J connectivity index is 2.08. The number of hydrogen-bond donors (Lipinski definition) is 2. The average Bonchev–Trinajstić information content (AvgIpc) is 2.42. The molecule has 1 aromatic carbocycles. The van der Waals surface area contributed by atoms with E-state index in [1.807, 2.05) is 30.3 Å². The van der Waals surface area contributed by atoms with Gasteiger partial charge in [0.05, 0.1) is 6.20 Å².